The minimum absolute atomic E-state index is 0.0469. The SMILES string of the molecule is CCCCn1c(N)c(N(CCC(C)C)C(=O)CCc2cnn(C)c2)c(=O)[nH]c1=O. The molecule has 2 rings (SSSR count). The molecule has 2 aromatic rings. The normalized spacial score (nSPS) is 11.2. The van der Waals surface area contributed by atoms with Crippen molar-refractivity contribution in [2.24, 2.45) is 13.0 Å². The van der Waals surface area contributed by atoms with Crippen LogP contribution in [0.1, 0.15) is 52.0 Å². The highest BCUT2D eigenvalue weighted by atomic mass is 16.2. The maximum absolute atomic E-state index is 13.1. The Labute approximate surface area is 170 Å². The Morgan fingerprint density at radius 1 is 1.34 bits per heavy atom. The number of anilines is 2. The third-order valence-electron chi connectivity index (χ3n) is 4.84. The van der Waals surface area contributed by atoms with E-state index >= 15 is 0 Å². The smallest absolute Gasteiger partial charge is 0.330 e. The number of rotatable bonds is 10. The fourth-order valence-corrected chi connectivity index (χ4v) is 3.11. The van der Waals surface area contributed by atoms with Crippen molar-refractivity contribution in [2.75, 3.05) is 17.2 Å². The molecule has 3 N–H and O–H groups in total. The number of hydrogen-bond acceptors (Lipinski definition) is 5. The number of nitrogen functional groups attached to an aromatic ring is 1. The molecule has 0 unspecified atom stereocenters. The van der Waals surface area contributed by atoms with Gasteiger partial charge in [0.1, 0.15) is 5.82 Å². The van der Waals surface area contributed by atoms with Crippen LogP contribution in [0.25, 0.3) is 0 Å². The van der Waals surface area contributed by atoms with E-state index in [-0.39, 0.29) is 23.8 Å². The number of aromatic nitrogens is 4. The first-order valence-corrected chi connectivity index (χ1v) is 10.1. The van der Waals surface area contributed by atoms with E-state index in [4.69, 9.17) is 5.73 Å². The number of nitrogens with one attached hydrogen (secondary N) is 1. The van der Waals surface area contributed by atoms with Gasteiger partial charge in [0.2, 0.25) is 5.91 Å². The van der Waals surface area contributed by atoms with Gasteiger partial charge in [-0.05, 0) is 30.7 Å². The van der Waals surface area contributed by atoms with Crippen LogP contribution in [-0.4, -0.2) is 31.8 Å². The van der Waals surface area contributed by atoms with Crippen molar-refractivity contribution in [2.45, 2.75) is 59.4 Å². The van der Waals surface area contributed by atoms with Gasteiger partial charge >= 0.3 is 5.69 Å². The van der Waals surface area contributed by atoms with E-state index in [0.29, 0.717) is 31.8 Å². The lowest BCUT2D eigenvalue weighted by Crippen LogP contribution is -2.42. The lowest BCUT2D eigenvalue weighted by atomic mass is 10.1. The van der Waals surface area contributed by atoms with Gasteiger partial charge in [0.15, 0.2) is 5.69 Å². The Bertz CT molecular complexity index is 940. The molecule has 0 fully saturated rings. The van der Waals surface area contributed by atoms with Crippen molar-refractivity contribution < 1.29 is 4.79 Å². The van der Waals surface area contributed by atoms with E-state index in [1.54, 1.807) is 10.9 Å². The molecule has 0 aliphatic heterocycles. The minimum Gasteiger partial charge on any atom is -0.383 e. The third-order valence-corrected chi connectivity index (χ3v) is 4.84. The molecule has 2 heterocycles. The largest absolute Gasteiger partial charge is 0.383 e. The van der Waals surface area contributed by atoms with Crippen LogP contribution in [-0.2, 0) is 24.8 Å². The van der Waals surface area contributed by atoms with Crippen LogP contribution in [0.2, 0.25) is 0 Å². The molecule has 1 amide bonds. The number of H-pyrrole nitrogens is 1. The van der Waals surface area contributed by atoms with E-state index in [1.807, 2.05) is 34.0 Å². The molecule has 0 aliphatic carbocycles. The zero-order valence-corrected chi connectivity index (χ0v) is 17.8. The zero-order valence-electron chi connectivity index (χ0n) is 17.8. The van der Waals surface area contributed by atoms with E-state index in [1.165, 1.54) is 9.47 Å². The second-order valence-corrected chi connectivity index (χ2v) is 7.75. The van der Waals surface area contributed by atoms with Crippen LogP contribution in [0.3, 0.4) is 0 Å². The number of unbranched alkanes of at least 4 members (excludes halogenated alkanes) is 1. The van der Waals surface area contributed by atoms with Crippen molar-refractivity contribution in [1.29, 1.82) is 0 Å². The van der Waals surface area contributed by atoms with Gasteiger partial charge in [0.25, 0.3) is 5.56 Å². The third kappa shape index (κ3) is 5.82. The number of nitrogens with zero attached hydrogens (tertiary/aromatic N) is 4. The summed E-state index contributed by atoms with van der Waals surface area (Å²) in [6, 6.07) is 0. The first-order chi connectivity index (χ1) is 13.7. The molecular formula is C20H32N6O3. The van der Waals surface area contributed by atoms with Gasteiger partial charge in [-0.15, -0.1) is 0 Å². The van der Waals surface area contributed by atoms with Gasteiger partial charge in [0.05, 0.1) is 6.20 Å². The summed E-state index contributed by atoms with van der Waals surface area (Å²) in [6.07, 6.45) is 6.65. The van der Waals surface area contributed by atoms with Gasteiger partial charge in [-0.1, -0.05) is 27.2 Å². The van der Waals surface area contributed by atoms with Crippen LogP contribution in [0, 0.1) is 5.92 Å². The fraction of sp³-hybridized carbons (Fsp3) is 0.600. The molecular weight excluding hydrogens is 372 g/mol. The summed E-state index contributed by atoms with van der Waals surface area (Å²) in [6.45, 7) is 6.86. The topological polar surface area (TPSA) is 119 Å². The molecule has 29 heavy (non-hydrogen) atoms. The standard InChI is InChI=1S/C20H32N6O3/c1-5-6-10-26-18(21)17(19(28)23-20(26)29)25(11-9-14(2)3)16(27)8-7-15-12-22-24(4)13-15/h12-14H,5-11,21H2,1-4H3,(H,23,28,29). The summed E-state index contributed by atoms with van der Waals surface area (Å²) in [4.78, 5) is 41.6. The lowest BCUT2D eigenvalue weighted by Gasteiger charge is -2.25. The summed E-state index contributed by atoms with van der Waals surface area (Å²) in [5.41, 5.74) is 6.06. The molecule has 0 saturated carbocycles. The molecule has 0 spiro atoms. The molecule has 0 bridgehead atoms. The van der Waals surface area contributed by atoms with Crippen molar-refractivity contribution in [3.8, 4) is 0 Å². The molecule has 0 aliphatic rings. The summed E-state index contributed by atoms with van der Waals surface area (Å²) in [5.74, 6) is 0.188. The van der Waals surface area contributed by atoms with E-state index in [2.05, 4.69) is 10.1 Å². The second-order valence-electron chi connectivity index (χ2n) is 7.75. The van der Waals surface area contributed by atoms with Crippen LogP contribution in [0.15, 0.2) is 22.0 Å². The molecule has 0 aromatic carbocycles. The molecule has 0 saturated heterocycles. The highest BCUT2D eigenvalue weighted by Gasteiger charge is 2.24. The van der Waals surface area contributed by atoms with E-state index < -0.39 is 11.2 Å². The van der Waals surface area contributed by atoms with Gasteiger partial charge in [0, 0.05) is 32.8 Å². The summed E-state index contributed by atoms with van der Waals surface area (Å²) in [7, 11) is 1.82. The first kappa shape index (κ1) is 22.4. The van der Waals surface area contributed by atoms with Gasteiger partial charge in [-0.2, -0.15) is 5.10 Å². The van der Waals surface area contributed by atoms with Gasteiger partial charge in [-0.3, -0.25) is 23.8 Å². The van der Waals surface area contributed by atoms with Crippen LogP contribution < -0.4 is 21.9 Å². The monoisotopic (exact) mass is 404 g/mol. The Morgan fingerprint density at radius 2 is 2.07 bits per heavy atom. The number of nitrogens with two attached hydrogens (primary N) is 1. The fourth-order valence-electron chi connectivity index (χ4n) is 3.11. The predicted octanol–water partition coefficient (Wildman–Crippen LogP) is 1.66. The molecule has 9 nitrogen and oxygen atoms in total. The van der Waals surface area contributed by atoms with Crippen LogP contribution in [0.4, 0.5) is 11.5 Å². The van der Waals surface area contributed by atoms with Crippen molar-refractivity contribution >= 4 is 17.4 Å². The predicted molar refractivity (Wildman–Crippen MR) is 114 cm³/mol. The Balaban J connectivity index is 2.36. The summed E-state index contributed by atoms with van der Waals surface area (Å²) >= 11 is 0. The number of aromatic amines is 1. The van der Waals surface area contributed by atoms with Crippen LogP contribution in [0.5, 0.6) is 0 Å². The average molecular weight is 405 g/mol. The number of amides is 1. The zero-order chi connectivity index (χ0) is 21.6. The summed E-state index contributed by atoms with van der Waals surface area (Å²) < 4.78 is 3.03. The molecule has 0 atom stereocenters. The Kier molecular flexibility index (Phi) is 7.81. The van der Waals surface area contributed by atoms with Gasteiger partial charge < -0.3 is 10.6 Å². The first-order valence-electron chi connectivity index (χ1n) is 10.1. The van der Waals surface area contributed by atoms with E-state index in [9.17, 15) is 14.4 Å². The van der Waals surface area contributed by atoms with Crippen molar-refractivity contribution in [3.05, 3.63) is 38.8 Å². The van der Waals surface area contributed by atoms with Gasteiger partial charge in [-0.25, -0.2) is 4.79 Å². The van der Waals surface area contributed by atoms with E-state index in [0.717, 1.165) is 18.4 Å². The van der Waals surface area contributed by atoms with Crippen molar-refractivity contribution in [3.63, 3.8) is 0 Å². The highest BCUT2D eigenvalue weighted by Crippen LogP contribution is 2.20. The second kappa shape index (κ2) is 10.1. The summed E-state index contributed by atoms with van der Waals surface area (Å²) in [5, 5.41) is 4.11. The minimum atomic E-state index is -0.626. The Morgan fingerprint density at radius 3 is 2.66 bits per heavy atom. The molecule has 9 heteroatoms. The maximum atomic E-state index is 13.1. The molecule has 2 aromatic heterocycles. The maximum Gasteiger partial charge on any atom is 0.330 e. The quantitative estimate of drug-likeness (QED) is 0.624. The van der Waals surface area contributed by atoms with Crippen LogP contribution >= 0.6 is 0 Å². The molecule has 160 valence electrons. The number of carbonyl (C=O) groups is 1. The van der Waals surface area contributed by atoms with Crippen molar-refractivity contribution in [1.82, 2.24) is 19.3 Å². The molecule has 0 radical (unpaired) electrons. The highest BCUT2D eigenvalue weighted by molar-refractivity contribution is 5.95. The lowest BCUT2D eigenvalue weighted by molar-refractivity contribution is -0.118. The average Bonchev–Trinajstić information content (AvgIpc) is 3.07. The number of hydrogen-bond donors (Lipinski definition) is 2. The number of carbonyl (C=O) groups excluding carboxylic acids is 1. The Hall–Kier alpha value is -2.84. The number of aryl methyl sites for hydroxylation is 2.